The van der Waals surface area contributed by atoms with Crippen LogP contribution in [-0.4, -0.2) is 63.8 Å². The first kappa shape index (κ1) is 20.7. The molecule has 1 unspecified atom stereocenters. The Hall–Kier alpha value is -2.55. The first-order valence-electron chi connectivity index (χ1n) is 10.4. The van der Waals surface area contributed by atoms with Gasteiger partial charge in [0.15, 0.2) is 5.82 Å². The number of nitrogens with zero attached hydrogens (tertiary/aromatic N) is 6. The molecule has 0 spiro atoms. The zero-order valence-corrected chi connectivity index (χ0v) is 18.8. The minimum absolute atomic E-state index is 0.0233. The van der Waals surface area contributed by atoms with Crippen molar-refractivity contribution in [1.82, 2.24) is 24.8 Å². The number of piperidine rings is 1. The maximum absolute atomic E-state index is 13.3. The van der Waals surface area contributed by atoms with Gasteiger partial charge in [0, 0.05) is 46.1 Å². The fourth-order valence-corrected chi connectivity index (χ4v) is 5.04. The third-order valence-electron chi connectivity index (χ3n) is 5.93. The van der Waals surface area contributed by atoms with Gasteiger partial charge in [0.25, 0.3) is 5.91 Å². The van der Waals surface area contributed by atoms with Gasteiger partial charge in [0.05, 0.1) is 29.5 Å². The van der Waals surface area contributed by atoms with Gasteiger partial charge in [-0.05, 0) is 26.2 Å². The third-order valence-corrected chi connectivity index (χ3v) is 6.84. The highest BCUT2D eigenvalue weighted by Crippen LogP contribution is 2.34. The maximum Gasteiger partial charge on any atom is 0.266 e. The van der Waals surface area contributed by atoms with Crippen molar-refractivity contribution < 1.29 is 9.59 Å². The van der Waals surface area contributed by atoms with E-state index in [1.165, 1.54) is 11.3 Å². The molecule has 1 atom stereocenters. The number of carbonyl (C=O) groups is 2. The van der Waals surface area contributed by atoms with E-state index in [9.17, 15) is 9.59 Å². The van der Waals surface area contributed by atoms with Gasteiger partial charge in [0.1, 0.15) is 10.7 Å². The first-order valence-corrected chi connectivity index (χ1v) is 11.3. The molecular formula is C21H28N6O2S. The molecule has 2 amide bonds. The second kappa shape index (κ2) is 8.29. The van der Waals surface area contributed by atoms with E-state index in [0.717, 1.165) is 42.0 Å². The molecule has 160 valence electrons. The molecule has 0 N–H and O–H groups in total. The summed E-state index contributed by atoms with van der Waals surface area (Å²) in [6, 6.07) is -0.136. The van der Waals surface area contributed by atoms with Gasteiger partial charge in [-0.3, -0.25) is 9.59 Å². The molecule has 2 aliphatic heterocycles. The van der Waals surface area contributed by atoms with E-state index < -0.39 is 0 Å². The summed E-state index contributed by atoms with van der Waals surface area (Å²) in [6.45, 7) is 5.38. The summed E-state index contributed by atoms with van der Waals surface area (Å²) in [4.78, 5) is 45.7. The highest BCUT2D eigenvalue weighted by Gasteiger charge is 2.34. The largest absolute Gasteiger partial charge is 0.362 e. The summed E-state index contributed by atoms with van der Waals surface area (Å²) < 4.78 is 0. The fraction of sp³-hybridized carbons (Fsp3) is 0.571. The van der Waals surface area contributed by atoms with E-state index in [2.05, 4.69) is 4.98 Å². The molecule has 0 radical (unpaired) electrons. The number of hydrogen-bond acceptors (Lipinski definition) is 7. The van der Waals surface area contributed by atoms with E-state index in [1.54, 1.807) is 12.4 Å². The number of thiazole rings is 1. The van der Waals surface area contributed by atoms with E-state index >= 15 is 0 Å². The maximum atomic E-state index is 13.3. The van der Waals surface area contributed by atoms with Crippen molar-refractivity contribution in [1.29, 1.82) is 0 Å². The van der Waals surface area contributed by atoms with E-state index in [4.69, 9.17) is 9.97 Å². The number of rotatable bonds is 3. The Balaban J connectivity index is 1.72. The quantitative estimate of drug-likeness (QED) is 0.747. The number of aromatic nitrogens is 3. The van der Waals surface area contributed by atoms with Crippen LogP contribution in [0.2, 0.25) is 0 Å². The van der Waals surface area contributed by atoms with Crippen LogP contribution in [0.15, 0.2) is 5.51 Å². The summed E-state index contributed by atoms with van der Waals surface area (Å²) >= 11 is 1.39. The van der Waals surface area contributed by atoms with E-state index in [1.807, 2.05) is 35.7 Å². The molecule has 0 saturated carbocycles. The summed E-state index contributed by atoms with van der Waals surface area (Å²) in [5, 5.41) is 0. The normalized spacial score (nSPS) is 18.9. The molecule has 30 heavy (non-hydrogen) atoms. The van der Waals surface area contributed by atoms with Crippen molar-refractivity contribution in [3.8, 4) is 0 Å². The topological polar surface area (TPSA) is 82.5 Å². The van der Waals surface area contributed by atoms with Gasteiger partial charge in [0.2, 0.25) is 5.91 Å². The van der Waals surface area contributed by atoms with Crippen LogP contribution in [0.3, 0.4) is 0 Å². The van der Waals surface area contributed by atoms with Crippen LogP contribution in [0, 0.1) is 6.92 Å². The average molecular weight is 429 g/mol. The molecule has 0 aromatic carbocycles. The molecule has 0 aliphatic carbocycles. The Bertz CT molecular complexity index is 972. The van der Waals surface area contributed by atoms with Gasteiger partial charge in [-0.2, -0.15) is 0 Å². The average Bonchev–Trinajstić information content (AvgIpc) is 3.17. The van der Waals surface area contributed by atoms with Crippen LogP contribution in [0.5, 0.6) is 0 Å². The first-order chi connectivity index (χ1) is 14.4. The number of carbonyl (C=O) groups excluding carboxylic acids is 2. The molecule has 4 rings (SSSR count). The van der Waals surface area contributed by atoms with Crippen LogP contribution in [0.1, 0.15) is 64.7 Å². The molecule has 4 heterocycles. The zero-order valence-electron chi connectivity index (χ0n) is 18.0. The second-order valence-electron chi connectivity index (χ2n) is 8.19. The minimum atomic E-state index is -0.136. The lowest BCUT2D eigenvalue weighted by molar-refractivity contribution is -0.129. The highest BCUT2D eigenvalue weighted by atomic mass is 32.1. The second-order valence-corrected chi connectivity index (χ2v) is 9.05. The van der Waals surface area contributed by atoms with Crippen molar-refractivity contribution in [2.24, 2.45) is 0 Å². The van der Waals surface area contributed by atoms with Crippen LogP contribution in [0.4, 0.5) is 5.82 Å². The van der Waals surface area contributed by atoms with Crippen LogP contribution in [-0.2, 0) is 17.8 Å². The monoisotopic (exact) mass is 428 g/mol. The standard InChI is InChI=1S/C21H28N6O2S/c1-13-18(30-12-22-13)21(29)27-9-6-5-7-17(27)19-23-16-8-10-26(14(2)28)11-15(16)20(24-19)25(3)4/h12,17H,5-11H2,1-4H3. The molecule has 2 aliphatic rings. The van der Waals surface area contributed by atoms with E-state index in [0.29, 0.717) is 36.8 Å². The Morgan fingerprint density at radius 1 is 1.20 bits per heavy atom. The van der Waals surface area contributed by atoms with Crippen LogP contribution >= 0.6 is 11.3 Å². The minimum Gasteiger partial charge on any atom is -0.362 e. The molecular weight excluding hydrogens is 400 g/mol. The lowest BCUT2D eigenvalue weighted by atomic mass is 9.99. The Kier molecular flexibility index (Phi) is 5.73. The van der Waals surface area contributed by atoms with Gasteiger partial charge >= 0.3 is 0 Å². The van der Waals surface area contributed by atoms with Gasteiger partial charge < -0.3 is 14.7 Å². The van der Waals surface area contributed by atoms with Crippen molar-refractivity contribution in [3.05, 3.63) is 33.2 Å². The molecule has 0 bridgehead atoms. The summed E-state index contributed by atoms with van der Waals surface area (Å²) in [5.41, 5.74) is 4.51. The fourth-order valence-electron chi connectivity index (χ4n) is 4.28. The van der Waals surface area contributed by atoms with Crippen molar-refractivity contribution in [3.63, 3.8) is 0 Å². The van der Waals surface area contributed by atoms with Gasteiger partial charge in [-0.15, -0.1) is 11.3 Å². The predicted octanol–water partition coefficient (Wildman–Crippen LogP) is 2.58. The van der Waals surface area contributed by atoms with Crippen molar-refractivity contribution in [2.45, 2.75) is 52.1 Å². The van der Waals surface area contributed by atoms with Gasteiger partial charge in [-0.25, -0.2) is 15.0 Å². The van der Waals surface area contributed by atoms with Crippen LogP contribution in [0.25, 0.3) is 0 Å². The predicted molar refractivity (Wildman–Crippen MR) is 116 cm³/mol. The molecule has 1 saturated heterocycles. The van der Waals surface area contributed by atoms with Crippen molar-refractivity contribution in [2.75, 3.05) is 32.1 Å². The van der Waals surface area contributed by atoms with Crippen molar-refractivity contribution >= 4 is 29.0 Å². The smallest absolute Gasteiger partial charge is 0.266 e. The molecule has 2 aromatic rings. The number of fused-ring (bicyclic) bond motifs is 1. The lowest BCUT2D eigenvalue weighted by Gasteiger charge is -2.36. The lowest BCUT2D eigenvalue weighted by Crippen LogP contribution is -2.40. The Labute approximate surface area is 180 Å². The number of anilines is 1. The Morgan fingerprint density at radius 3 is 2.67 bits per heavy atom. The molecule has 8 nitrogen and oxygen atoms in total. The number of aryl methyl sites for hydroxylation is 1. The summed E-state index contributed by atoms with van der Waals surface area (Å²) in [5.74, 6) is 1.64. The number of hydrogen-bond donors (Lipinski definition) is 0. The summed E-state index contributed by atoms with van der Waals surface area (Å²) in [7, 11) is 3.92. The Morgan fingerprint density at radius 2 is 2.00 bits per heavy atom. The SMILES string of the molecule is CC(=O)N1CCc2nc(C3CCCCN3C(=O)c3scnc3C)nc(N(C)C)c2C1. The number of amides is 2. The molecule has 1 fully saturated rings. The molecule has 2 aromatic heterocycles. The third kappa shape index (κ3) is 3.78. The molecule has 9 heteroatoms. The summed E-state index contributed by atoms with van der Waals surface area (Å²) in [6.07, 6.45) is 3.60. The zero-order chi connectivity index (χ0) is 21.4. The van der Waals surface area contributed by atoms with Crippen LogP contribution < -0.4 is 4.90 Å². The van der Waals surface area contributed by atoms with Gasteiger partial charge in [-0.1, -0.05) is 0 Å². The highest BCUT2D eigenvalue weighted by molar-refractivity contribution is 7.11. The number of likely N-dealkylation sites (tertiary alicyclic amines) is 1. The van der Waals surface area contributed by atoms with E-state index in [-0.39, 0.29) is 17.9 Å².